The fraction of sp³-hybridized carbons (Fsp3) is 0.357. The second kappa shape index (κ2) is 6.09. The summed E-state index contributed by atoms with van der Waals surface area (Å²) in [5, 5.41) is 2.90. The van der Waals surface area contributed by atoms with Gasteiger partial charge in [0.1, 0.15) is 0 Å². The van der Waals surface area contributed by atoms with Crippen LogP contribution in [0.25, 0.3) is 5.69 Å². The lowest BCUT2D eigenvalue weighted by Gasteiger charge is -2.17. The molecule has 1 atom stereocenters. The maximum Gasteiger partial charge on any atom is 0.390 e. The third-order valence-corrected chi connectivity index (χ3v) is 2.95. The summed E-state index contributed by atoms with van der Waals surface area (Å²) in [4.78, 5) is 3.98. The number of hydrogen-bond donors (Lipinski definition) is 1. The molecule has 3 nitrogen and oxygen atoms in total. The van der Waals surface area contributed by atoms with Crippen LogP contribution < -0.4 is 5.32 Å². The van der Waals surface area contributed by atoms with Crippen molar-refractivity contribution >= 4 is 0 Å². The Morgan fingerprint density at radius 3 is 2.70 bits per heavy atom. The van der Waals surface area contributed by atoms with E-state index in [1.54, 1.807) is 18.7 Å². The molecule has 0 radical (unpaired) electrons. The van der Waals surface area contributed by atoms with E-state index in [0.29, 0.717) is 6.54 Å². The smallest absolute Gasteiger partial charge is 0.310 e. The summed E-state index contributed by atoms with van der Waals surface area (Å²) in [6.07, 6.45) is 0.156. The Kier molecular flexibility index (Phi) is 4.44. The number of nitrogens with zero attached hydrogens (tertiary/aromatic N) is 2. The SMILES string of the molecule is CC(CC(F)(F)F)NCc1ccccc1-n1ccnc1. The fourth-order valence-electron chi connectivity index (χ4n) is 2.02. The maximum atomic E-state index is 12.3. The van der Waals surface area contributed by atoms with Crippen LogP contribution in [0, 0.1) is 0 Å². The van der Waals surface area contributed by atoms with Gasteiger partial charge in [0.2, 0.25) is 0 Å². The molecule has 0 aliphatic rings. The Morgan fingerprint density at radius 1 is 1.30 bits per heavy atom. The van der Waals surface area contributed by atoms with Crippen molar-refractivity contribution in [3.63, 3.8) is 0 Å². The van der Waals surface area contributed by atoms with Gasteiger partial charge in [-0.1, -0.05) is 18.2 Å². The standard InChI is InChI=1S/C14H16F3N3/c1-11(8-14(15,16)17)19-9-12-4-2-3-5-13(12)20-7-6-18-10-20/h2-7,10-11,19H,8-9H2,1H3. The Morgan fingerprint density at radius 2 is 2.05 bits per heavy atom. The molecule has 0 bridgehead atoms. The minimum absolute atomic E-state index is 0.381. The van der Waals surface area contributed by atoms with Crippen molar-refractivity contribution in [2.24, 2.45) is 0 Å². The van der Waals surface area contributed by atoms with Crippen molar-refractivity contribution in [3.05, 3.63) is 48.5 Å². The number of hydrogen-bond acceptors (Lipinski definition) is 2. The van der Waals surface area contributed by atoms with Crippen molar-refractivity contribution in [1.82, 2.24) is 14.9 Å². The summed E-state index contributed by atoms with van der Waals surface area (Å²) in [6.45, 7) is 1.92. The summed E-state index contributed by atoms with van der Waals surface area (Å²) in [5.41, 5.74) is 1.84. The van der Waals surface area contributed by atoms with E-state index in [0.717, 1.165) is 11.3 Å². The summed E-state index contributed by atoms with van der Waals surface area (Å²) in [5.74, 6) is 0. The lowest BCUT2D eigenvalue weighted by atomic mass is 10.1. The molecule has 108 valence electrons. The van der Waals surface area contributed by atoms with E-state index in [1.807, 2.05) is 28.8 Å². The highest BCUT2D eigenvalue weighted by Gasteiger charge is 2.29. The van der Waals surface area contributed by atoms with E-state index >= 15 is 0 Å². The van der Waals surface area contributed by atoms with Gasteiger partial charge in [0.15, 0.2) is 0 Å². The monoisotopic (exact) mass is 283 g/mol. The topological polar surface area (TPSA) is 29.9 Å². The van der Waals surface area contributed by atoms with Crippen LogP contribution in [0.15, 0.2) is 43.0 Å². The Hall–Kier alpha value is -1.82. The normalized spacial score (nSPS) is 13.4. The average molecular weight is 283 g/mol. The molecule has 0 spiro atoms. The molecule has 2 aromatic rings. The largest absolute Gasteiger partial charge is 0.390 e. The van der Waals surface area contributed by atoms with Gasteiger partial charge in [0.25, 0.3) is 0 Å². The fourth-order valence-corrected chi connectivity index (χ4v) is 2.02. The number of alkyl halides is 3. The molecular weight excluding hydrogens is 267 g/mol. The van der Waals surface area contributed by atoms with Gasteiger partial charge in [-0.15, -0.1) is 0 Å². The van der Waals surface area contributed by atoms with Crippen LogP contribution in [-0.2, 0) is 6.54 Å². The summed E-state index contributed by atoms with van der Waals surface area (Å²) >= 11 is 0. The van der Waals surface area contributed by atoms with Gasteiger partial charge in [-0.25, -0.2) is 4.98 Å². The highest BCUT2D eigenvalue weighted by Crippen LogP contribution is 2.22. The Labute approximate surface area is 115 Å². The van der Waals surface area contributed by atoms with Crippen molar-refractivity contribution in [2.75, 3.05) is 0 Å². The minimum Gasteiger partial charge on any atom is -0.310 e. The lowest BCUT2D eigenvalue weighted by Crippen LogP contribution is -2.31. The molecule has 0 fully saturated rings. The first-order chi connectivity index (χ1) is 9.46. The second-order valence-corrected chi connectivity index (χ2v) is 4.70. The molecule has 0 aliphatic heterocycles. The lowest BCUT2D eigenvalue weighted by molar-refractivity contribution is -0.139. The minimum atomic E-state index is -4.14. The third kappa shape index (κ3) is 4.09. The van der Waals surface area contributed by atoms with Gasteiger partial charge in [0.05, 0.1) is 18.4 Å². The molecule has 1 heterocycles. The molecule has 0 saturated carbocycles. The summed E-state index contributed by atoms with van der Waals surface area (Å²) < 4.78 is 38.7. The predicted octanol–water partition coefficient (Wildman–Crippen LogP) is 3.30. The Bertz CT molecular complexity index is 535. The van der Waals surface area contributed by atoms with Gasteiger partial charge in [-0.2, -0.15) is 13.2 Å². The van der Waals surface area contributed by atoms with Gasteiger partial charge < -0.3 is 9.88 Å². The number of halogens is 3. The van der Waals surface area contributed by atoms with Gasteiger partial charge >= 0.3 is 6.18 Å². The first-order valence-corrected chi connectivity index (χ1v) is 6.32. The maximum absolute atomic E-state index is 12.3. The van der Waals surface area contributed by atoms with E-state index in [4.69, 9.17) is 0 Å². The zero-order valence-corrected chi connectivity index (χ0v) is 11.1. The van der Waals surface area contributed by atoms with Gasteiger partial charge in [-0.3, -0.25) is 0 Å². The molecule has 1 aromatic carbocycles. The molecule has 20 heavy (non-hydrogen) atoms. The zero-order chi connectivity index (χ0) is 14.6. The number of para-hydroxylation sites is 1. The van der Waals surface area contributed by atoms with E-state index in [-0.39, 0.29) is 0 Å². The van der Waals surface area contributed by atoms with Crippen LogP contribution in [0.4, 0.5) is 13.2 Å². The number of imidazole rings is 1. The molecule has 1 aromatic heterocycles. The van der Waals surface area contributed by atoms with Crippen molar-refractivity contribution in [1.29, 1.82) is 0 Å². The van der Waals surface area contributed by atoms with Crippen molar-refractivity contribution in [2.45, 2.75) is 32.1 Å². The molecule has 0 aliphatic carbocycles. The van der Waals surface area contributed by atoms with E-state index in [2.05, 4.69) is 10.3 Å². The summed E-state index contributed by atoms with van der Waals surface area (Å²) in [6, 6.07) is 6.94. The quantitative estimate of drug-likeness (QED) is 0.912. The van der Waals surface area contributed by atoms with Gasteiger partial charge in [0, 0.05) is 25.0 Å². The van der Waals surface area contributed by atoms with E-state index in [9.17, 15) is 13.2 Å². The van der Waals surface area contributed by atoms with Crippen LogP contribution in [0.2, 0.25) is 0 Å². The highest BCUT2D eigenvalue weighted by atomic mass is 19.4. The summed E-state index contributed by atoms with van der Waals surface area (Å²) in [7, 11) is 0. The molecule has 0 saturated heterocycles. The van der Waals surface area contributed by atoms with Crippen LogP contribution >= 0.6 is 0 Å². The van der Waals surface area contributed by atoms with Crippen LogP contribution in [0.1, 0.15) is 18.9 Å². The Balaban J connectivity index is 2.04. The molecular formula is C14H16F3N3. The first-order valence-electron chi connectivity index (χ1n) is 6.32. The van der Waals surface area contributed by atoms with E-state index in [1.165, 1.54) is 6.92 Å². The zero-order valence-electron chi connectivity index (χ0n) is 11.1. The molecule has 0 amide bonds. The predicted molar refractivity (Wildman–Crippen MR) is 70.5 cm³/mol. The number of benzene rings is 1. The van der Waals surface area contributed by atoms with Crippen LogP contribution in [0.5, 0.6) is 0 Å². The third-order valence-electron chi connectivity index (χ3n) is 2.95. The number of aromatic nitrogens is 2. The number of nitrogens with one attached hydrogen (secondary N) is 1. The van der Waals surface area contributed by atoms with E-state index < -0.39 is 18.6 Å². The van der Waals surface area contributed by atoms with Crippen molar-refractivity contribution < 1.29 is 13.2 Å². The first kappa shape index (κ1) is 14.6. The molecule has 1 unspecified atom stereocenters. The second-order valence-electron chi connectivity index (χ2n) is 4.70. The number of rotatable bonds is 5. The van der Waals surface area contributed by atoms with Gasteiger partial charge in [-0.05, 0) is 18.6 Å². The molecule has 6 heteroatoms. The molecule has 1 N–H and O–H groups in total. The van der Waals surface area contributed by atoms with Crippen LogP contribution in [-0.4, -0.2) is 21.8 Å². The van der Waals surface area contributed by atoms with Crippen molar-refractivity contribution in [3.8, 4) is 5.69 Å². The van der Waals surface area contributed by atoms with Crippen LogP contribution in [0.3, 0.4) is 0 Å². The molecule has 2 rings (SSSR count). The highest BCUT2D eigenvalue weighted by molar-refractivity contribution is 5.40. The average Bonchev–Trinajstić information content (AvgIpc) is 2.88.